The lowest BCUT2D eigenvalue weighted by atomic mass is 9.84. The Kier molecular flexibility index (Phi) is 6.45. The molecule has 0 aromatic heterocycles. The first-order chi connectivity index (χ1) is 9.47. The van der Waals surface area contributed by atoms with Crippen LogP contribution >= 0.6 is 15.9 Å². The largest absolute Gasteiger partial charge is 0.465 e. The molecule has 2 unspecified atom stereocenters. The van der Waals surface area contributed by atoms with Crippen LogP contribution in [0.1, 0.15) is 13.8 Å². The molecule has 1 rings (SSSR count). The molecule has 0 aromatic rings. The van der Waals surface area contributed by atoms with Crippen LogP contribution < -0.4 is 0 Å². The SMILES string of the molecule is CCOC(=O)C(C(=O)OCC)C1C(=O)N(C)CC1CBr. The van der Waals surface area contributed by atoms with Crippen molar-refractivity contribution in [2.24, 2.45) is 17.8 Å². The number of likely N-dealkylation sites (tertiary alicyclic amines) is 1. The molecule has 1 amide bonds. The zero-order valence-electron chi connectivity index (χ0n) is 11.9. The van der Waals surface area contributed by atoms with Gasteiger partial charge in [0, 0.05) is 18.9 Å². The molecule has 1 aliphatic heterocycles. The molecule has 114 valence electrons. The second-order valence-electron chi connectivity index (χ2n) is 4.64. The summed E-state index contributed by atoms with van der Waals surface area (Å²) in [5, 5.41) is 0.531. The van der Waals surface area contributed by atoms with Gasteiger partial charge in [0.1, 0.15) is 0 Å². The van der Waals surface area contributed by atoms with E-state index in [9.17, 15) is 14.4 Å². The first-order valence-corrected chi connectivity index (χ1v) is 7.74. The summed E-state index contributed by atoms with van der Waals surface area (Å²) in [7, 11) is 1.66. The Morgan fingerprint density at radius 1 is 1.30 bits per heavy atom. The maximum absolute atomic E-state index is 12.2. The van der Waals surface area contributed by atoms with Crippen molar-refractivity contribution < 1.29 is 23.9 Å². The van der Waals surface area contributed by atoms with E-state index >= 15 is 0 Å². The third-order valence-electron chi connectivity index (χ3n) is 3.32. The van der Waals surface area contributed by atoms with Crippen molar-refractivity contribution in [2.45, 2.75) is 13.8 Å². The van der Waals surface area contributed by atoms with Gasteiger partial charge in [-0.2, -0.15) is 0 Å². The molecular formula is C13H20BrNO5. The van der Waals surface area contributed by atoms with Gasteiger partial charge in [0.25, 0.3) is 0 Å². The van der Waals surface area contributed by atoms with E-state index in [-0.39, 0.29) is 25.0 Å². The van der Waals surface area contributed by atoms with Gasteiger partial charge in [0.05, 0.1) is 19.1 Å². The van der Waals surface area contributed by atoms with Crippen molar-refractivity contribution >= 4 is 33.8 Å². The summed E-state index contributed by atoms with van der Waals surface area (Å²) >= 11 is 3.33. The van der Waals surface area contributed by atoms with E-state index in [4.69, 9.17) is 9.47 Å². The molecule has 1 fully saturated rings. The van der Waals surface area contributed by atoms with Crippen molar-refractivity contribution in [3.05, 3.63) is 0 Å². The highest BCUT2D eigenvalue weighted by molar-refractivity contribution is 9.09. The highest BCUT2D eigenvalue weighted by Crippen LogP contribution is 2.33. The minimum atomic E-state index is -1.19. The number of esters is 2. The number of carbonyl (C=O) groups excluding carboxylic acids is 3. The topological polar surface area (TPSA) is 72.9 Å². The summed E-state index contributed by atoms with van der Waals surface area (Å²) in [6.07, 6.45) is 0. The third kappa shape index (κ3) is 3.50. The monoisotopic (exact) mass is 349 g/mol. The number of hydrogen-bond donors (Lipinski definition) is 0. The number of rotatable bonds is 6. The highest BCUT2D eigenvalue weighted by Gasteiger charge is 2.50. The van der Waals surface area contributed by atoms with Crippen molar-refractivity contribution in [1.29, 1.82) is 0 Å². The number of carbonyl (C=O) groups is 3. The average Bonchev–Trinajstić information content (AvgIpc) is 2.68. The second kappa shape index (κ2) is 7.61. The maximum atomic E-state index is 12.2. The summed E-state index contributed by atoms with van der Waals surface area (Å²) in [6, 6.07) is 0. The zero-order chi connectivity index (χ0) is 15.3. The van der Waals surface area contributed by atoms with Crippen LogP contribution in [0.3, 0.4) is 0 Å². The summed E-state index contributed by atoms with van der Waals surface area (Å²) in [6.45, 7) is 4.13. The summed E-state index contributed by atoms with van der Waals surface area (Å²) < 4.78 is 9.87. The average molecular weight is 350 g/mol. The minimum absolute atomic E-state index is 0.119. The third-order valence-corrected chi connectivity index (χ3v) is 4.15. The predicted molar refractivity (Wildman–Crippen MR) is 75.2 cm³/mol. The first-order valence-electron chi connectivity index (χ1n) is 6.62. The van der Waals surface area contributed by atoms with Gasteiger partial charge in [-0.3, -0.25) is 14.4 Å². The van der Waals surface area contributed by atoms with Gasteiger partial charge in [-0.05, 0) is 19.8 Å². The predicted octanol–water partition coefficient (Wildman–Crippen LogP) is 0.828. The zero-order valence-corrected chi connectivity index (χ0v) is 13.5. The smallest absolute Gasteiger partial charge is 0.321 e. The van der Waals surface area contributed by atoms with Gasteiger partial charge in [0.2, 0.25) is 5.91 Å². The lowest BCUT2D eigenvalue weighted by Gasteiger charge is -2.22. The molecule has 6 nitrogen and oxygen atoms in total. The van der Waals surface area contributed by atoms with Crippen LogP contribution in [0, 0.1) is 17.8 Å². The van der Waals surface area contributed by atoms with Crippen LogP contribution in [0.5, 0.6) is 0 Å². The Morgan fingerprint density at radius 3 is 2.20 bits per heavy atom. The quantitative estimate of drug-likeness (QED) is 0.403. The van der Waals surface area contributed by atoms with E-state index in [0.29, 0.717) is 11.9 Å². The molecule has 1 heterocycles. The minimum Gasteiger partial charge on any atom is -0.465 e. The Bertz CT molecular complexity index is 369. The van der Waals surface area contributed by atoms with Gasteiger partial charge in [0.15, 0.2) is 5.92 Å². The van der Waals surface area contributed by atoms with E-state index in [1.54, 1.807) is 20.9 Å². The van der Waals surface area contributed by atoms with Gasteiger partial charge in [-0.1, -0.05) is 15.9 Å². The summed E-state index contributed by atoms with van der Waals surface area (Å²) in [4.78, 5) is 37.9. The van der Waals surface area contributed by atoms with E-state index in [1.165, 1.54) is 4.90 Å². The van der Waals surface area contributed by atoms with Crippen molar-refractivity contribution in [1.82, 2.24) is 4.90 Å². The van der Waals surface area contributed by atoms with Crippen LogP contribution in [-0.2, 0) is 23.9 Å². The fraction of sp³-hybridized carbons (Fsp3) is 0.769. The van der Waals surface area contributed by atoms with Gasteiger partial charge in [-0.15, -0.1) is 0 Å². The standard InChI is InChI=1S/C13H20BrNO5/c1-4-19-12(17)10(13(18)20-5-2)9-8(6-14)7-15(3)11(9)16/h8-10H,4-7H2,1-3H3. The van der Waals surface area contributed by atoms with Crippen LogP contribution in [0.15, 0.2) is 0 Å². The van der Waals surface area contributed by atoms with Gasteiger partial charge < -0.3 is 14.4 Å². The van der Waals surface area contributed by atoms with Gasteiger partial charge in [-0.25, -0.2) is 0 Å². The van der Waals surface area contributed by atoms with Crippen molar-refractivity contribution in [3.8, 4) is 0 Å². The Hall–Kier alpha value is -1.11. The molecule has 0 aromatic carbocycles. The van der Waals surface area contributed by atoms with Crippen LogP contribution in [-0.4, -0.2) is 54.9 Å². The van der Waals surface area contributed by atoms with E-state index in [2.05, 4.69) is 15.9 Å². The summed E-state index contributed by atoms with van der Waals surface area (Å²) in [5.74, 6) is -3.63. The molecule has 1 saturated heterocycles. The number of halogens is 1. The number of amides is 1. The lowest BCUT2D eigenvalue weighted by Crippen LogP contribution is -2.40. The fourth-order valence-electron chi connectivity index (χ4n) is 2.42. The molecule has 0 saturated carbocycles. The fourth-order valence-corrected chi connectivity index (χ4v) is 3.03. The van der Waals surface area contributed by atoms with E-state index in [0.717, 1.165) is 0 Å². The number of hydrogen-bond acceptors (Lipinski definition) is 5. The highest BCUT2D eigenvalue weighted by atomic mass is 79.9. The Morgan fingerprint density at radius 2 is 1.80 bits per heavy atom. The molecular weight excluding hydrogens is 330 g/mol. The molecule has 0 radical (unpaired) electrons. The molecule has 7 heteroatoms. The maximum Gasteiger partial charge on any atom is 0.321 e. The number of alkyl halides is 1. The lowest BCUT2D eigenvalue weighted by molar-refractivity contribution is -0.167. The van der Waals surface area contributed by atoms with E-state index < -0.39 is 23.8 Å². The van der Waals surface area contributed by atoms with Crippen LogP contribution in [0.4, 0.5) is 0 Å². The molecule has 0 aliphatic carbocycles. The molecule has 2 atom stereocenters. The van der Waals surface area contributed by atoms with Crippen LogP contribution in [0.2, 0.25) is 0 Å². The molecule has 0 bridgehead atoms. The van der Waals surface area contributed by atoms with Crippen LogP contribution in [0.25, 0.3) is 0 Å². The Labute approximate surface area is 126 Å². The molecule has 0 N–H and O–H groups in total. The second-order valence-corrected chi connectivity index (χ2v) is 5.29. The summed E-state index contributed by atoms with van der Waals surface area (Å²) in [5.41, 5.74) is 0. The van der Waals surface area contributed by atoms with E-state index in [1.807, 2.05) is 0 Å². The number of nitrogens with zero attached hydrogens (tertiary/aromatic N) is 1. The van der Waals surface area contributed by atoms with Gasteiger partial charge >= 0.3 is 11.9 Å². The first kappa shape index (κ1) is 16.9. The molecule has 20 heavy (non-hydrogen) atoms. The molecule has 0 spiro atoms. The Balaban J connectivity index is 3.04. The molecule has 1 aliphatic rings. The number of ether oxygens (including phenoxy) is 2. The normalized spacial score (nSPS) is 22.2. The van der Waals surface area contributed by atoms with Crippen molar-refractivity contribution in [3.63, 3.8) is 0 Å². The van der Waals surface area contributed by atoms with Crippen molar-refractivity contribution in [2.75, 3.05) is 32.1 Å².